The molecular formula is C12H14N4O2. The molecular weight excluding hydrogens is 232 g/mol. The molecule has 0 fully saturated rings. The lowest BCUT2D eigenvalue weighted by molar-refractivity contribution is 0.0820. The molecule has 0 aliphatic heterocycles. The molecule has 1 aromatic carbocycles. The molecule has 0 spiro atoms. The van der Waals surface area contributed by atoms with Gasteiger partial charge >= 0.3 is 0 Å². The molecule has 6 heteroatoms. The second kappa shape index (κ2) is 4.50. The van der Waals surface area contributed by atoms with Crippen LogP contribution in [0.3, 0.4) is 0 Å². The molecule has 2 rings (SSSR count). The van der Waals surface area contributed by atoms with E-state index in [0.717, 1.165) is 5.52 Å². The Hall–Kier alpha value is -2.34. The number of rotatable bonds is 2. The average molecular weight is 246 g/mol. The number of hydrogen-bond acceptors (Lipinski definition) is 3. The van der Waals surface area contributed by atoms with Crippen LogP contribution in [0.2, 0.25) is 0 Å². The van der Waals surface area contributed by atoms with E-state index in [1.165, 1.54) is 4.90 Å². The number of carbonyl (C=O) groups excluding carboxylic acids is 2. The Balaban J connectivity index is 2.73. The summed E-state index contributed by atoms with van der Waals surface area (Å²) < 4.78 is 0. The first-order valence-corrected chi connectivity index (χ1v) is 5.39. The van der Waals surface area contributed by atoms with E-state index in [2.05, 4.69) is 4.98 Å². The third kappa shape index (κ3) is 1.82. The van der Waals surface area contributed by atoms with Gasteiger partial charge in [-0.05, 0) is 6.07 Å². The van der Waals surface area contributed by atoms with Crippen molar-refractivity contribution in [3.63, 3.8) is 0 Å². The Bertz CT molecular complexity index is 616. The Labute approximate surface area is 104 Å². The summed E-state index contributed by atoms with van der Waals surface area (Å²) in [4.78, 5) is 28.2. The number of nitrogens with one attached hydrogen (secondary N) is 2. The molecule has 1 aromatic heterocycles. The molecule has 2 amide bonds. The number of aromatic amines is 1. The Morgan fingerprint density at radius 1 is 1.28 bits per heavy atom. The largest absolute Gasteiger partial charge is 0.350 e. The fourth-order valence-electron chi connectivity index (χ4n) is 1.83. The maximum atomic E-state index is 12.1. The molecule has 94 valence electrons. The molecule has 1 heterocycles. The van der Waals surface area contributed by atoms with Crippen LogP contribution in [0, 0.1) is 0 Å². The van der Waals surface area contributed by atoms with Gasteiger partial charge in [0.05, 0.1) is 5.56 Å². The van der Waals surface area contributed by atoms with Crippen molar-refractivity contribution in [2.45, 2.75) is 0 Å². The number of hydrogen-bond donors (Lipinski definition) is 3. The number of nitrogens with zero attached hydrogens (tertiary/aromatic N) is 1. The minimum Gasteiger partial charge on any atom is -0.350 e. The molecule has 6 nitrogen and oxygen atoms in total. The number of nitrogens with two attached hydrogens (primary N) is 1. The molecule has 2 aromatic rings. The van der Waals surface area contributed by atoms with E-state index in [9.17, 15) is 9.59 Å². The summed E-state index contributed by atoms with van der Waals surface area (Å²) in [6.45, 7) is 0. The first-order chi connectivity index (χ1) is 8.56. The van der Waals surface area contributed by atoms with E-state index < -0.39 is 5.91 Å². The number of fused-ring (bicyclic) bond motifs is 1. The summed E-state index contributed by atoms with van der Waals surface area (Å²) in [5.41, 5.74) is 3.27. The molecule has 0 aliphatic carbocycles. The van der Waals surface area contributed by atoms with E-state index in [0.29, 0.717) is 10.9 Å². The van der Waals surface area contributed by atoms with Gasteiger partial charge in [-0.2, -0.15) is 0 Å². The van der Waals surface area contributed by atoms with Gasteiger partial charge in [-0.3, -0.25) is 15.0 Å². The molecule has 0 saturated carbocycles. The van der Waals surface area contributed by atoms with Crippen molar-refractivity contribution >= 4 is 22.7 Å². The summed E-state index contributed by atoms with van der Waals surface area (Å²) in [6, 6.07) is 7.23. The summed E-state index contributed by atoms with van der Waals surface area (Å²) in [5.74, 6) is 4.36. The molecule has 0 saturated heterocycles. The minimum atomic E-state index is -0.517. The van der Waals surface area contributed by atoms with Crippen LogP contribution in [0.1, 0.15) is 20.8 Å². The maximum absolute atomic E-state index is 12.1. The monoisotopic (exact) mass is 246 g/mol. The van der Waals surface area contributed by atoms with E-state index >= 15 is 0 Å². The third-order valence-corrected chi connectivity index (χ3v) is 2.68. The van der Waals surface area contributed by atoms with Crippen molar-refractivity contribution in [3.8, 4) is 0 Å². The van der Waals surface area contributed by atoms with E-state index in [-0.39, 0.29) is 11.6 Å². The van der Waals surface area contributed by atoms with E-state index in [1.54, 1.807) is 26.2 Å². The second-order valence-corrected chi connectivity index (χ2v) is 4.09. The van der Waals surface area contributed by atoms with Crippen LogP contribution in [0.15, 0.2) is 24.3 Å². The van der Waals surface area contributed by atoms with Crippen molar-refractivity contribution < 1.29 is 9.59 Å². The lowest BCUT2D eigenvalue weighted by Gasteiger charge is -2.10. The maximum Gasteiger partial charge on any atom is 0.282 e. The zero-order valence-electron chi connectivity index (χ0n) is 10.2. The minimum absolute atomic E-state index is 0.178. The zero-order chi connectivity index (χ0) is 13.3. The second-order valence-electron chi connectivity index (χ2n) is 4.09. The molecule has 0 atom stereocenters. The van der Waals surface area contributed by atoms with Crippen LogP contribution in [0.5, 0.6) is 0 Å². The molecule has 0 radical (unpaired) electrons. The van der Waals surface area contributed by atoms with Crippen LogP contribution in [0.4, 0.5) is 0 Å². The van der Waals surface area contributed by atoms with Crippen LogP contribution in [-0.4, -0.2) is 35.8 Å². The predicted octanol–water partition coefficient (Wildman–Crippen LogP) is 0.473. The first kappa shape index (κ1) is 12.1. The molecule has 18 heavy (non-hydrogen) atoms. The van der Waals surface area contributed by atoms with Gasteiger partial charge < -0.3 is 9.88 Å². The standard InChI is InChI=1S/C12H14N4O2/c1-16(2)12(18)9-7-5-3-4-6-8(7)14-10(9)11(17)15-13/h3-6,14H,13H2,1-2H3,(H,15,17). The van der Waals surface area contributed by atoms with Gasteiger partial charge in [-0.25, -0.2) is 5.84 Å². The highest BCUT2D eigenvalue weighted by Gasteiger charge is 2.23. The lowest BCUT2D eigenvalue weighted by Crippen LogP contribution is -2.33. The number of H-pyrrole nitrogens is 1. The number of para-hydroxylation sites is 1. The van der Waals surface area contributed by atoms with Crippen LogP contribution in [0.25, 0.3) is 10.9 Å². The summed E-state index contributed by atoms with van der Waals surface area (Å²) in [7, 11) is 3.27. The predicted molar refractivity (Wildman–Crippen MR) is 68.0 cm³/mol. The summed E-state index contributed by atoms with van der Waals surface area (Å²) in [5, 5.41) is 0.704. The molecule has 4 N–H and O–H groups in total. The van der Waals surface area contributed by atoms with Crippen molar-refractivity contribution in [3.05, 3.63) is 35.5 Å². The molecule has 0 unspecified atom stereocenters. The lowest BCUT2D eigenvalue weighted by atomic mass is 10.1. The first-order valence-electron chi connectivity index (χ1n) is 5.39. The third-order valence-electron chi connectivity index (χ3n) is 2.68. The highest BCUT2D eigenvalue weighted by Crippen LogP contribution is 2.23. The van der Waals surface area contributed by atoms with Gasteiger partial charge in [0.25, 0.3) is 11.8 Å². The van der Waals surface area contributed by atoms with E-state index in [4.69, 9.17) is 5.84 Å². The number of nitrogen functional groups attached to an aromatic ring is 1. The van der Waals surface area contributed by atoms with Crippen LogP contribution < -0.4 is 11.3 Å². The van der Waals surface area contributed by atoms with Crippen molar-refractivity contribution in [1.82, 2.24) is 15.3 Å². The van der Waals surface area contributed by atoms with Crippen molar-refractivity contribution in [2.75, 3.05) is 14.1 Å². The number of hydrazine groups is 1. The summed E-state index contributed by atoms with van der Waals surface area (Å²) >= 11 is 0. The van der Waals surface area contributed by atoms with E-state index in [1.807, 2.05) is 17.6 Å². The Morgan fingerprint density at radius 2 is 1.94 bits per heavy atom. The SMILES string of the molecule is CN(C)C(=O)c1c(C(=O)NN)[nH]c2ccccc12. The highest BCUT2D eigenvalue weighted by molar-refractivity contribution is 6.15. The fourth-order valence-corrected chi connectivity index (χ4v) is 1.83. The molecule has 0 bridgehead atoms. The van der Waals surface area contributed by atoms with Crippen molar-refractivity contribution in [1.29, 1.82) is 0 Å². The highest BCUT2D eigenvalue weighted by atomic mass is 16.2. The molecule has 0 aliphatic rings. The number of aromatic nitrogens is 1. The number of carbonyl (C=O) groups is 2. The average Bonchev–Trinajstić information content (AvgIpc) is 2.75. The van der Waals surface area contributed by atoms with Gasteiger partial charge in [-0.1, -0.05) is 18.2 Å². The topological polar surface area (TPSA) is 91.2 Å². The quantitative estimate of drug-likeness (QED) is 0.409. The van der Waals surface area contributed by atoms with Gasteiger partial charge in [0.15, 0.2) is 0 Å². The van der Waals surface area contributed by atoms with Gasteiger partial charge in [0.2, 0.25) is 0 Å². The fraction of sp³-hybridized carbons (Fsp3) is 0.167. The van der Waals surface area contributed by atoms with Gasteiger partial charge in [-0.15, -0.1) is 0 Å². The smallest absolute Gasteiger partial charge is 0.282 e. The Morgan fingerprint density at radius 3 is 2.56 bits per heavy atom. The Kier molecular flexibility index (Phi) is 3.03. The number of benzene rings is 1. The van der Waals surface area contributed by atoms with Gasteiger partial charge in [0.1, 0.15) is 5.69 Å². The van der Waals surface area contributed by atoms with Crippen molar-refractivity contribution in [2.24, 2.45) is 5.84 Å². The van der Waals surface area contributed by atoms with Crippen LogP contribution in [-0.2, 0) is 0 Å². The van der Waals surface area contributed by atoms with Crippen LogP contribution >= 0.6 is 0 Å². The summed E-state index contributed by atoms with van der Waals surface area (Å²) in [6.07, 6.45) is 0. The normalized spacial score (nSPS) is 10.4. The zero-order valence-corrected chi connectivity index (χ0v) is 10.2. The van der Waals surface area contributed by atoms with Gasteiger partial charge in [0, 0.05) is 25.0 Å². The number of amides is 2.